The van der Waals surface area contributed by atoms with Gasteiger partial charge < -0.3 is 44.9 Å². The molecule has 18 heteroatoms. The number of benzene rings is 3. The molecule has 3 heterocycles. The molecule has 0 spiro atoms. The number of hydrogen-bond donors (Lipinski definition) is 4. The number of anilines is 2. The number of aliphatic hydroxyl groups excluding tert-OH is 1. The first kappa shape index (κ1) is 49.0. The zero-order valence-corrected chi connectivity index (χ0v) is 38.9. The van der Waals surface area contributed by atoms with Crippen LogP contribution in [0.2, 0.25) is 5.02 Å². The Labute approximate surface area is 387 Å². The predicted molar refractivity (Wildman–Crippen MR) is 248 cm³/mol. The molecule has 1 saturated heterocycles. The van der Waals surface area contributed by atoms with Crippen molar-refractivity contribution in [2.45, 2.75) is 84.5 Å². The molecule has 1 aliphatic rings. The number of nitrogens with one attached hydrogen (secondary N) is 3. The van der Waals surface area contributed by atoms with Crippen LogP contribution in [0, 0.1) is 18.2 Å². The minimum atomic E-state index is -0.930. The van der Waals surface area contributed by atoms with Gasteiger partial charge in [0.2, 0.25) is 17.7 Å². The number of carbonyl (C=O) groups excluding carboxylic acids is 3. The maximum atomic E-state index is 14.0. The van der Waals surface area contributed by atoms with Gasteiger partial charge in [0, 0.05) is 49.7 Å². The van der Waals surface area contributed by atoms with Crippen molar-refractivity contribution in [3.05, 3.63) is 88.5 Å². The van der Waals surface area contributed by atoms with E-state index in [1.807, 2.05) is 63.5 Å². The Morgan fingerprint density at radius 1 is 0.954 bits per heavy atom. The number of halogens is 2. The molecular weight excluding hydrogens is 877 g/mol. The highest BCUT2D eigenvalue weighted by atomic mass is 35.5. The van der Waals surface area contributed by atoms with Gasteiger partial charge >= 0.3 is 0 Å². The molecular formula is C47H57ClFN7O8S. The summed E-state index contributed by atoms with van der Waals surface area (Å²) in [5.41, 5.74) is 5.25. The number of ether oxygens (including phenoxy) is 4. The lowest BCUT2D eigenvalue weighted by atomic mass is 9.85. The second-order valence-electron chi connectivity index (χ2n) is 16.8. The highest BCUT2D eigenvalue weighted by Crippen LogP contribution is 2.35. The molecule has 65 heavy (non-hydrogen) atoms. The highest BCUT2D eigenvalue weighted by Gasteiger charge is 2.44. The largest absolute Gasteiger partial charge is 0.493 e. The number of thiazole rings is 1. The van der Waals surface area contributed by atoms with Gasteiger partial charge in [0.25, 0.3) is 0 Å². The quantitative estimate of drug-likeness (QED) is 0.0506. The van der Waals surface area contributed by atoms with Gasteiger partial charge in [0.15, 0.2) is 11.5 Å². The van der Waals surface area contributed by atoms with E-state index in [-0.39, 0.29) is 49.4 Å². The third-order valence-corrected chi connectivity index (χ3v) is 12.1. The summed E-state index contributed by atoms with van der Waals surface area (Å²) in [4.78, 5) is 55.9. The fourth-order valence-corrected chi connectivity index (χ4v) is 8.30. The fraction of sp³-hybridized carbons (Fsp3) is 0.447. The molecule has 0 bridgehead atoms. The van der Waals surface area contributed by atoms with E-state index in [0.717, 1.165) is 41.0 Å². The van der Waals surface area contributed by atoms with E-state index in [0.29, 0.717) is 60.3 Å². The van der Waals surface area contributed by atoms with Gasteiger partial charge in [0.1, 0.15) is 30.0 Å². The van der Waals surface area contributed by atoms with Crippen LogP contribution >= 0.6 is 22.9 Å². The number of amides is 3. The van der Waals surface area contributed by atoms with Crippen molar-refractivity contribution >= 4 is 63.1 Å². The fourth-order valence-electron chi connectivity index (χ4n) is 7.31. The summed E-state index contributed by atoms with van der Waals surface area (Å²) in [5, 5.41) is 20.2. The number of carbonyl (C=O) groups is 3. The van der Waals surface area contributed by atoms with Gasteiger partial charge in [-0.3, -0.25) is 14.4 Å². The first-order valence-electron chi connectivity index (χ1n) is 21.6. The first-order valence-corrected chi connectivity index (χ1v) is 22.9. The van der Waals surface area contributed by atoms with E-state index in [4.69, 9.17) is 30.5 Å². The number of unbranched alkanes of at least 4 members (excludes halogenated alkanes) is 2. The van der Waals surface area contributed by atoms with Crippen molar-refractivity contribution < 1.29 is 42.8 Å². The number of methoxy groups -OCH3 is 1. The smallest absolute Gasteiger partial charge is 0.246 e. The second-order valence-corrected chi connectivity index (χ2v) is 18.1. The summed E-state index contributed by atoms with van der Waals surface area (Å²) in [7, 11) is 1.56. The minimum Gasteiger partial charge on any atom is -0.493 e. The Bertz CT molecular complexity index is 2400. The molecule has 0 saturated carbocycles. The Hall–Kier alpha value is -5.46. The van der Waals surface area contributed by atoms with E-state index in [1.54, 1.807) is 30.6 Å². The SMILES string of the molecule is COc1cc2ncnc(Nc3ccc(F)c(Cl)c3)c2cc1OCCCCCOCCOCCC(=O)N[C@@H](C(=O)N1C[C@@H](O)C[C@@H]1C(=O)NCc1ccc(-c2scnc2C)cc1)C(C)(C)C. The Morgan fingerprint density at radius 2 is 1.71 bits per heavy atom. The molecule has 2 aromatic heterocycles. The molecule has 348 valence electrons. The lowest BCUT2D eigenvalue weighted by Gasteiger charge is -2.35. The molecule has 3 atom stereocenters. The number of aliphatic hydroxyl groups is 1. The molecule has 0 unspecified atom stereocenters. The molecule has 1 fully saturated rings. The summed E-state index contributed by atoms with van der Waals surface area (Å²) < 4.78 is 36.7. The predicted octanol–water partition coefficient (Wildman–Crippen LogP) is 7.39. The van der Waals surface area contributed by atoms with Gasteiger partial charge in [-0.2, -0.15) is 0 Å². The van der Waals surface area contributed by atoms with E-state index in [1.165, 1.54) is 23.4 Å². The molecule has 3 amide bonds. The van der Waals surface area contributed by atoms with Crippen LogP contribution in [-0.2, 0) is 30.4 Å². The Kier molecular flexibility index (Phi) is 17.4. The van der Waals surface area contributed by atoms with Crippen molar-refractivity contribution in [1.29, 1.82) is 0 Å². The molecule has 0 aliphatic carbocycles. The summed E-state index contributed by atoms with van der Waals surface area (Å²) in [6, 6.07) is 14.0. The van der Waals surface area contributed by atoms with Crippen molar-refractivity contribution in [3.63, 3.8) is 0 Å². The summed E-state index contributed by atoms with van der Waals surface area (Å²) >= 11 is 7.53. The molecule has 5 aromatic rings. The second kappa shape index (κ2) is 23.1. The third-order valence-electron chi connectivity index (χ3n) is 10.9. The standard InChI is InChI=1S/C47H57ClFN7O8S/c1-29-42(65-28-53-29)31-11-9-30(10-12-31)25-50-45(59)38-22-33(57)26-56(38)46(60)43(47(2,3)4)55-41(58)15-18-63-20-19-62-16-7-6-8-17-64-40-23-34-37(24-39(40)61-5)51-27-52-44(34)54-32-13-14-36(49)35(48)21-32/h9-14,21,23-24,27-28,33,38,43,57H,6-8,15-20,22,25-26H2,1-5H3,(H,50,59)(H,55,58)(H,51,52,54)/t33-,38+,43-/m0/s1. The number of hydrogen-bond acceptors (Lipinski definition) is 13. The van der Waals surface area contributed by atoms with Crippen LogP contribution in [0.5, 0.6) is 11.5 Å². The molecule has 4 N–H and O–H groups in total. The Morgan fingerprint density at radius 3 is 2.42 bits per heavy atom. The zero-order chi connectivity index (χ0) is 46.5. The van der Waals surface area contributed by atoms with Crippen molar-refractivity contribution in [2.75, 3.05) is 52.0 Å². The number of likely N-dealkylation sites (tertiary alicyclic amines) is 1. The lowest BCUT2D eigenvalue weighted by molar-refractivity contribution is -0.144. The molecule has 3 aromatic carbocycles. The molecule has 15 nitrogen and oxygen atoms in total. The maximum absolute atomic E-state index is 14.0. The summed E-state index contributed by atoms with van der Waals surface area (Å²) in [6.07, 6.45) is 3.14. The average molecular weight is 935 g/mol. The highest BCUT2D eigenvalue weighted by molar-refractivity contribution is 7.13. The van der Waals surface area contributed by atoms with E-state index in [2.05, 4.69) is 30.9 Å². The number of fused-ring (bicyclic) bond motifs is 1. The van der Waals surface area contributed by atoms with Crippen LogP contribution in [0.3, 0.4) is 0 Å². The number of nitrogens with zero attached hydrogens (tertiary/aromatic N) is 4. The van der Waals surface area contributed by atoms with Crippen LogP contribution < -0.4 is 25.4 Å². The van der Waals surface area contributed by atoms with Gasteiger partial charge in [-0.1, -0.05) is 56.6 Å². The topological polar surface area (TPSA) is 186 Å². The number of aryl methyl sites for hydroxylation is 1. The maximum Gasteiger partial charge on any atom is 0.246 e. The van der Waals surface area contributed by atoms with Crippen LogP contribution in [0.4, 0.5) is 15.9 Å². The van der Waals surface area contributed by atoms with Crippen LogP contribution in [0.1, 0.15) is 64.1 Å². The molecule has 6 rings (SSSR count). The molecule has 0 radical (unpaired) electrons. The Balaban J connectivity index is 0.864. The van der Waals surface area contributed by atoms with Crippen LogP contribution in [0.15, 0.2) is 66.4 Å². The van der Waals surface area contributed by atoms with E-state index >= 15 is 0 Å². The number of rotatable bonds is 22. The summed E-state index contributed by atoms with van der Waals surface area (Å²) in [6.45, 7) is 9.52. The van der Waals surface area contributed by atoms with Gasteiger partial charge in [0.05, 0.1) is 66.3 Å². The van der Waals surface area contributed by atoms with Crippen molar-refractivity contribution in [2.24, 2.45) is 5.41 Å². The monoisotopic (exact) mass is 933 g/mol. The number of β-amino-alcohol motifs (C(OH)–C–C–N with tert-alkyl or cyclic N) is 1. The third kappa shape index (κ3) is 13.5. The average Bonchev–Trinajstić information content (AvgIpc) is 3.90. The first-order chi connectivity index (χ1) is 31.2. The van der Waals surface area contributed by atoms with Crippen LogP contribution in [0.25, 0.3) is 21.3 Å². The normalized spacial score (nSPS) is 15.5. The van der Waals surface area contributed by atoms with E-state index < -0.39 is 35.3 Å². The van der Waals surface area contributed by atoms with Crippen LogP contribution in [-0.4, -0.2) is 108 Å². The number of aromatic nitrogens is 3. The van der Waals surface area contributed by atoms with Gasteiger partial charge in [-0.05, 0) is 67.0 Å². The van der Waals surface area contributed by atoms with Crippen molar-refractivity contribution in [3.8, 4) is 21.9 Å². The van der Waals surface area contributed by atoms with E-state index in [9.17, 15) is 23.9 Å². The lowest BCUT2D eigenvalue weighted by Crippen LogP contribution is -2.57. The molecule has 1 aliphatic heterocycles. The zero-order valence-electron chi connectivity index (χ0n) is 37.3. The summed E-state index contributed by atoms with van der Waals surface area (Å²) in [5.74, 6) is -0.0851. The van der Waals surface area contributed by atoms with Gasteiger partial charge in [-0.25, -0.2) is 19.3 Å². The minimum absolute atomic E-state index is 0.00435. The van der Waals surface area contributed by atoms with Gasteiger partial charge in [-0.15, -0.1) is 11.3 Å². The van der Waals surface area contributed by atoms with Crippen molar-refractivity contribution in [1.82, 2.24) is 30.5 Å².